The van der Waals surface area contributed by atoms with Crippen molar-refractivity contribution < 1.29 is 28.6 Å². The maximum absolute atomic E-state index is 13.7. The molecule has 0 bridgehead atoms. The van der Waals surface area contributed by atoms with Gasteiger partial charge in [0, 0.05) is 11.1 Å². The molecule has 7 heteroatoms. The van der Waals surface area contributed by atoms with Gasteiger partial charge in [-0.25, -0.2) is 14.0 Å². The molecule has 2 N–H and O–H groups in total. The number of amides is 1. The Balaban J connectivity index is 2.32. The highest BCUT2D eigenvalue weighted by atomic mass is 19.1. The van der Waals surface area contributed by atoms with Gasteiger partial charge in [-0.2, -0.15) is 0 Å². The SMILES string of the molecule is COC(=O)C(O)C1(c2cc(F)ccc2NC(=O)OC(C)(C)C)CC1. The molecule has 6 nitrogen and oxygen atoms in total. The third-order valence-corrected chi connectivity index (χ3v) is 3.89. The zero-order valence-corrected chi connectivity index (χ0v) is 14.2. The second kappa shape index (κ2) is 6.39. The molecule has 132 valence electrons. The molecule has 0 spiro atoms. The van der Waals surface area contributed by atoms with Gasteiger partial charge in [-0.3, -0.25) is 5.32 Å². The van der Waals surface area contributed by atoms with Crippen LogP contribution in [0.1, 0.15) is 39.2 Å². The number of carbonyl (C=O) groups is 2. The number of esters is 1. The molecule has 1 atom stereocenters. The zero-order valence-electron chi connectivity index (χ0n) is 14.2. The Hall–Kier alpha value is -2.15. The minimum absolute atomic E-state index is 0.297. The summed E-state index contributed by atoms with van der Waals surface area (Å²) in [4.78, 5) is 23.7. The van der Waals surface area contributed by atoms with Crippen LogP contribution in [0.15, 0.2) is 18.2 Å². The van der Waals surface area contributed by atoms with Crippen LogP contribution >= 0.6 is 0 Å². The first-order chi connectivity index (χ1) is 11.1. The van der Waals surface area contributed by atoms with E-state index >= 15 is 0 Å². The van der Waals surface area contributed by atoms with Crippen molar-refractivity contribution in [3.63, 3.8) is 0 Å². The van der Waals surface area contributed by atoms with Gasteiger partial charge < -0.3 is 14.6 Å². The number of hydrogen-bond acceptors (Lipinski definition) is 5. The molecule has 0 heterocycles. The Bertz CT molecular complexity index is 649. The van der Waals surface area contributed by atoms with Crippen LogP contribution in [0.25, 0.3) is 0 Å². The van der Waals surface area contributed by atoms with Gasteiger partial charge in [0.25, 0.3) is 0 Å². The molecule has 1 amide bonds. The molecule has 1 aromatic carbocycles. The molecule has 1 fully saturated rings. The fourth-order valence-corrected chi connectivity index (χ4v) is 2.61. The second-order valence-electron chi connectivity index (χ2n) is 6.90. The molecule has 1 saturated carbocycles. The summed E-state index contributed by atoms with van der Waals surface area (Å²) in [5, 5.41) is 12.8. The minimum atomic E-state index is -1.43. The summed E-state index contributed by atoms with van der Waals surface area (Å²) in [6.45, 7) is 5.17. The lowest BCUT2D eigenvalue weighted by Crippen LogP contribution is -2.36. The van der Waals surface area contributed by atoms with E-state index in [0.29, 0.717) is 24.1 Å². The number of nitrogens with one attached hydrogen (secondary N) is 1. The number of aliphatic hydroxyl groups is 1. The van der Waals surface area contributed by atoms with Gasteiger partial charge in [0.05, 0.1) is 7.11 Å². The summed E-state index contributed by atoms with van der Waals surface area (Å²) >= 11 is 0. The van der Waals surface area contributed by atoms with E-state index in [-0.39, 0.29) is 0 Å². The van der Waals surface area contributed by atoms with Gasteiger partial charge in [0.15, 0.2) is 6.10 Å². The standard InChI is InChI=1S/C17H22FNO5/c1-16(2,3)24-15(22)19-12-6-5-10(18)9-11(12)17(7-8-17)13(20)14(21)23-4/h5-6,9,13,20H,7-8H2,1-4H3,(H,19,22). The van der Waals surface area contributed by atoms with Crippen LogP contribution in [-0.4, -0.2) is 36.0 Å². The van der Waals surface area contributed by atoms with Crippen LogP contribution in [0.5, 0.6) is 0 Å². The van der Waals surface area contributed by atoms with Crippen LogP contribution in [-0.2, 0) is 19.7 Å². The molecule has 0 radical (unpaired) electrons. The summed E-state index contributed by atoms with van der Waals surface area (Å²) < 4.78 is 23.5. The van der Waals surface area contributed by atoms with Crippen molar-refractivity contribution in [2.45, 2.75) is 50.7 Å². The molecule has 1 unspecified atom stereocenters. The molecule has 1 aromatic rings. The Morgan fingerprint density at radius 3 is 2.46 bits per heavy atom. The topological polar surface area (TPSA) is 84.9 Å². The van der Waals surface area contributed by atoms with E-state index in [2.05, 4.69) is 10.1 Å². The van der Waals surface area contributed by atoms with Crippen molar-refractivity contribution in [3.8, 4) is 0 Å². The number of aliphatic hydroxyl groups excluding tert-OH is 1. The van der Waals surface area contributed by atoms with Crippen LogP contribution in [0.4, 0.5) is 14.9 Å². The predicted molar refractivity (Wildman–Crippen MR) is 85.2 cm³/mol. The molecule has 2 rings (SSSR count). The highest BCUT2D eigenvalue weighted by Crippen LogP contribution is 2.53. The quantitative estimate of drug-likeness (QED) is 0.824. The lowest BCUT2D eigenvalue weighted by Gasteiger charge is -2.25. The van der Waals surface area contributed by atoms with E-state index in [4.69, 9.17) is 4.74 Å². The molecular weight excluding hydrogens is 317 g/mol. The lowest BCUT2D eigenvalue weighted by molar-refractivity contribution is -0.152. The van der Waals surface area contributed by atoms with Crippen molar-refractivity contribution >= 4 is 17.7 Å². The number of ether oxygens (including phenoxy) is 2. The van der Waals surface area contributed by atoms with Crippen LogP contribution in [0.3, 0.4) is 0 Å². The maximum Gasteiger partial charge on any atom is 0.412 e. The first kappa shape index (κ1) is 18.2. The fraction of sp³-hybridized carbons (Fsp3) is 0.529. The largest absolute Gasteiger partial charge is 0.467 e. The number of halogens is 1. The normalized spacial score (nSPS) is 16.9. The average molecular weight is 339 g/mol. The minimum Gasteiger partial charge on any atom is -0.467 e. The molecule has 1 aliphatic carbocycles. The smallest absolute Gasteiger partial charge is 0.412 e. The second-order valence-corrected chi connectivity index (χ2v) is 6.90. The van der Waals surface area contributed by atoms with E-state index < -0.39 is 35.0 Å². The Labute approximate surface area is 139 Å². The van der Waals surface area contributed by atoms with Crippen molar-refractivity contribution in [2.75, 3.05) is 12.4 Å². The van der Waals surface area contributed by atoms with Gasteiger partial charge >= 0.3 is 12.1 Å². The van der Waals surface area contributed by atoms with E-state index in [1.165, 1.54) is 25.3 Å². The predicted octanol–water partition coefficient (Wildman–Crippen LogP) is 2.74. The molecular formula is C17H22FNO5. The van der Waals surface area contributed by atoms with E-state index in [9.17, 15) is 19.1 Å². The number of anilines is 1. The summed E-state index contributed by atoms with van der Waals surface area (Å²) in [6, 6.07) is 3.79. The van der Waals surface area contributed by atoms with Gasteiger partial charge in [-0.05, 0) is 57.4 Å². The van der Waals surface area contributed by atoms with Gasteiger partial charge in [-0.15, -0.1) is 0 Å². The Morgan fingerprint density at radius 2 is 1.96 bits per heavy atom. The van der Waals surface area contributed by atoms with Gasteiger partial charge in [0.2, 0.25) is 0 Å². The monoisotopic (exact) mass is 339 g/mol. The summed E-state index contributed by atoms with van der Waals surface area (Å²) in [5.41, 5.74) is -0.996. The molecule has 0 aliphatic heterocycles. The summed E-state index contributed by atoms with van der Waals surface area (Å²) in [5.74, 6) is -1.32. The number of benzene rings is 1. The first-order valence-electron chi connectivity index (χ1n) is 7.65. The Kier molecular flexibility index (Phi) is 4.85. The third-order valence-electron chi connectivity index (χ3n) is 3.89. The van der Waals surface area contributed by atoms with Crippen LogP contribution in [0.2, 0.25) is 0 Å². The summed E-state index contributed by atoms with van der Waals surface area (Å²) in [6.07, 6.45) is -1.16. The molecule has 24 heavy (non-hydrogen) atoms. The van der Waals surface area contributed by atoms with E-state index in [1.807, 2.05) is 0 Å². The first-order valence-corrected chi connectivity index (χ1v) is 7.65. The number of rotatable bonds is 4. The molecule has 0 saturated heterocycles. The Morgan fingerprint density at radius 1 is 1.33 bits per heavy atom. The fourth-order valence-electron chi connectivity index (χ4n) is 2.61. The molecule has 0 aromatic heterocycles. The highest BCUT2D eigenvalue weighted by molar-refractivity contribution is 5.87. The number of hydrogen-bond donors (Lipinski definition) is 2. The van der Waals surface area contributed by atoms with Gasteiger partial charge in [-0.1, -0.05) is 0 Å². The summed E-state index contributed by atoms with van der Waals surface area (Å²) in [7, 11) is 1.17. The van der Waals surface area contributed by atoms with E-state index in [1.54, 1.807) is 20.8 Å². The van der Waals surface area contributed by atoms with Crippen molar-refractivity contribution in [3.05, 3.63) is 29.6 Å². The third kappa shape index (κ3) is 3.84. The number of carbonyl (C=O) groups excluding carboxylic acids is 2. The average Bonchev–Trinajstić information content (AvgIpc) is 3.27. The van der Waals surface area contributed by atoms with E-state index in [0.717, 1.165) is 0 Å². The van der Waals surface area contributed by atoms with Crippen molar-refractivity contribution in [2.24, 2.45) is 0 Å². The molecule has 1 aliphatic rings. The van der Waals surface area contributed by atoms with Gasteiger partial charge in [0.1, 0.15) is 11.4 Å². The highest BCUT2D eigenvalue weighted by Gasteiger charge is 2.55. The maximum atomic E-state index is 13.7. The van der Waals surface area contributed by atoms with Crippen molar-refractivity contribution in [1.29, 1.82) is 0 Å². The lowest BCUT2D eigenvalue weighted by atomic mass is 9.88. The van der Waals surface area contributed by atoms with Crippen molar-refractivity contribution in [1.82, 2.24) is 0 Å². The van der Waals surface area contributed by atoms with Crippen LogP contribution < -0.4 is 5.32 Å². The number of methoxy groups -OCH3 is 1. The zero-order chi connectivity index (χ0) is 18.1. The van der Waals surface area contributed by atoms with Crippen LogP contribution in [0, 0.1) is 5.82 Å².